The molecule has 0 N–H and O–H groups in total. The molecule has 0 spiro atoms. The second kappa shape index (κ2) is 6.64. The van der Waals surface area contributed by atoms with Gasteiger partial charge in [-0.2, -0.15) is 0 Å². The van der Waals surface area contributed by atoms with Crippen LogP contribution in [0, 0.1) is 0 Å². The number of phosphoric ester groups is 1. The third kappa shape index (κ3) is 10.4. The molecule has 0 aliphatic heterocycles. The van der Waals surface area contributed by atoms with Crippen LogP contribution in [0.25, 0.3) is 0 Å². The summed E-state index contributed by atoms with van der Waals surface area (Å²) in [7, 11) is -4.85. The van der Waals surface area contributed by atoms with Crippen molar-refractivity contribution in [3.63, 3.8) is 0 Å². The van der Waals surface area contributed by atoms with Crippen molar-refractivity contribution in [3.8, 4) is 0 Å². The predicted molar refractivity (Wildman–Crippen MR) is 56.1 cm³/mol. The van der Waals surface area contributed by atoms with Crippen molar-refractivity contribution in [1.29, 1.82) is 0 Å². The lowest BCUT2D eigenvalue weighted by atomic mass is 10.0. The second-order valence-electron chi connectivity index (χ2n) is 4.46. The van der Waals surface area contributed by atoms with Crippen molar-refractivity contribution in [2.45, 2.75) is 64.9 Å². The molecular weight excluding hydrogens is 215 g/mol. The summed E-state index contributed by atoms with van der Waals surface area (Å²) >= 11 is 0. The second-order valence-corrected chi connectivity index (χ2v) is 5.54. The summed E-state index contributed by atoms with van der Waals surface area (Å²) in [5.74, 6) is 0. The quantitative estimate of drug-likeness (QED) is 0.477. The van der Waals surface area contributed by atoms with Crippen LogP contribution in [0.4, 0.5) is 0 Å². The highest BCUT2D eigenvalue weighted by molar-refractivity contribution is 7.43. The number of hydrogen-bond donors (Lipinski definition) is 0. The molecule has 0 atom stereocenters. The predicted octanol–water partition coefficient (Wildman–Crippen LogP) is 1.97. The van der Waals surface area contributed by atoms with Gasteiger partial charge in [-0.15, -0.1) is 0 Å². The van der Waals surface area contributed by atoms with E-state index in [0.717, 1.165) is 19.3 Å². The zero-order valence-electron chi connectivity index (χ0n) is 9.82. The smallest absolute Gasteiger partial charge is 0.0678 e. The fourth-order valence-electron chi connectivity index (χ4n) is 1.50. The molecular formula is C10H21O4P-2. The van der Waals surface area contributed by atoms with Gasteiger partial charge in [0, 0.05) is 0 Å². The Hall–Kier alpha value is 0.110. The molecule has 0 fully saturated rings. The van der Waals surface area contributed by atoms with E-state index in [1.807, 2.05) is 0 Å². The van der Waals surface area contributed by atoms with Gasteiger partial charge in [0.2, 0.25) is 0 Å². The van der Waals surface area contributed by atoms with Crippen molar-refractivity contribution in [2.24, 2.45) is 0 Å². The third-order valence-corrected chi connectivity index (χ3v) is 2.96. The molecule has 15 heavy (non-hydrogen) atoms. The lowest BCUT2D eigenvalue weighted by Crippen LogP contribution is -2.29. The molecule has 0 saturated heterocycles. The van der Waals surface area contributed by atoms with Gasteiger partial charge in [-0.3, -0.25) is 0 Å². The van der Waals surface area contributed by atoms with E-state index in [4.69, 9.17) is 0 Å². The van der Waals surface area contributed by atoms with E-state index < -0.39 is 13.4 Å². The van der Waals surface area contributed by atoms with E-state index in [1.54, 1.807) is 13.8 Å². The molecule has 0 saturated carbocycles. The Bertz CT molecular complexity index is 209. The average molecular weight is 236 g/mol. The van der Waals surface area contributed by atoms with Crippen LogP contribution in [-0.2, 0) is 9.09 Å². The largest absolute Gasteiger partial charge is 0.790 e. The van der Waals surface area contributed by atoms with Gasteiger partial charge in [0.25, 0.3) is 0 Å². The van der Waals surface area contributed by atoms with Gasteiger partial charge < -0.3 is 18.9 Å². The molecule has 92 valence electrons. The molecule has 0 rings (SSSR count). The fraction of sp³-hybridized carbons (Fsp3) is 1.00. The monoisotopic (exact) mass is 236 g/mol. The molecule has 0 aliphatic carbocycles. The molecule has 4 nitrogen and oxygen atoms in total. The van der Waals surface area contributed by atoms with E-state index in [-0.39, 0.29) is 0 Å². The first-order valence-electron chi connectivity index (χ1n) is 5.50. The summed E-state index contributed by atoms with van der Waals surface area (Å²) in [4.78, 5) is 20.9. The summed E-state index contributed by atoms with van der Waals surface area (Å²) in [6, 6.07) is 0. The lowest BCUT2D eigenvalue weighted by molar-refractivity contribution is -0.348. The van der Waals surface area contributed by atoms with Crippen LogP contribution in [0.5, 0.6) is 0 Å². The van der Waals surface area contributed by atoms with Gasteiger partial charge >= 0.3 is 0 Å². The minimum Gasteiger partial charge on any atom is -0.790 e. The standard InChI is InChI=1S/C10H23O4P/c1-4-5-6-7-8-9-10(2,3)14-15(11,12)13/h4-9H2,1-3H3,(H2,11,12,13)/p-2. The lowest BCUT2D eigenvalue weighted by Gasteiger charge is -2.38. The number of unbranched alkanes of at least 4 members (excludes halogenated alkanes) is 4. The molecule has 0 aliphatic rings. The van der Waals surface area contributed by atoms with Crippen LogP contribution in [0.1, 0.15) is 59.3 Å². The van der Waals surface area contributed by atoms with E-state index in [2.05, 4.69) is 11.4 Å². The highest BCUT2D eigenvalue weighted by Crippen LogP contribution is 2.35. The highest BCUT2D eigenvalue weighted by atomic mass is 31.2. The van der Waals surface area contributed by atoms with Crippen molar-refractivity contribution in [1.82, 2.24) is 0 Å². The summed E-state index contributed by atoms with van der Waals surface area (Å²) < 4.78 is 14.9. The Morgan fingerprint density at radius 3 is 2.13 bits per heavy atom. The number of hydrogen-bond acceptors (Lipinski definition) is 4. The Balaban J connectivity index is 3.70. The Kier molecular flexibility index (Phi) is 6.69. The fourth-order valence-corrected chi connectivity index (χ4v) is 2.20. The summed E-state index contributed by atoms with van der Waals surface area (Å²) in [5, 5.41) is 0. The average Bonchev–Trinajstić information content (AvgIpc) is 1.99. The summed E-state index contributed by atoms with van der Waals surface area (Å²) in [5.41, 5.74) is -0.856. The van der Waals surface area contributed by atoms with Gasteiger partial charge in [-0.25, -0.2) is 0 Å². The summed E-state index contributed by atoms with van der Waals surface area (Å²) in [6.45, 7) is 5.41. The normalized spacial score (nSPS) is 13.1. The van der Waals surface area contributed by atoms with E-state index >= 15 is 0 Å². The molecule has 0 heterocycles. The van der Waals surface area contributed by atoms with E-state index in [1.165, 1.54) is 12.8 Å². The maximum Gasteiger partial charge on any atom is 0.0678 e. The van der Waals surface area contributed by atoms with Gasteiger partial charge in [-0.05, 0) is 20.3 Å². The molecule has 0 amide bonds. The van der Waals surface area contributed by atoms with Crippen LogP contribution in [-0.4, -0.2) is 5.60 Å². The van der Waals surface area contributed by atoms with Crippen molar-refractivity contribution >= 4 is 7.82 Å². The molecule has 0 radical (unpaired) electrons. The first-order valence-corrected chi connectivity index (χ1v) is 6.96. The number of phosphoric acid groups is 1. The van der Waals surface area contributed by atoms with Gasteiger partial charge in [0.15, 0.2) is 0 Å². The van der Waals surface area contributed by atoms with Crippen LogP contribution in [0.15, 0.2) is 0 Å². The maximum absolute atomic E-state index is 10.4. The van der Waals surface area contributed by atoms with Gasteiger partial charge in [0.1, 0.15) is 0 Å². The SMILES string of the molecule is CCCCCCCC(C)(C)OP(=O)([O-])[O-]. The molecule has 0 aromatic rings. The van der Waals surface area contributed by atoms with Crippen molar-refractivity contribution < 1.29 is 18.9 Å². The zero-order valence-corrected chi connectivity index (χ0v) is 10.7. The van der Waals surface area contributed by atoms with Crippen LogP contribution in [0.2, 0.25) is 0 Å². The minimum absolute atomic E-state index is 0.602. The van der Waals surface area contributed by atoms with Gasteiger partial charge in [0.05, 0.1) is 13.4 Å². The first kappa shape index (κ1) is 15.1. The van der Waals surface area contributed by atoms with Crippen LogP contribution in [0.3, 0.4) is 0 Å². The maximum atomic E-state index is 10.4. The van der Waals surface area contributed by atoms with Gasteiger partial charge in [-0.1, -0.05) is 39.0 Å². The van der Waals surface area contributed by atoms with Crippen molar-refractivity contribution in [3.05, 3.63) is 0 Å². The van der Waals surface area contributed by atoms with E-state index in [0.29, 0.717) is 6.42 Å². The van der Waals surface area contributed by atoms with Crippen LogP contribution >= 0.6 is 7.82 Å². The molecule has 0 unspecified atom stereocenters. The zero-order chi connectivity index (χ0) is 11.9. The number of rotatable bonds is 8. The van der Waals surface area contributed by atoms with Crippen molar-refractivity contribution in [2.75, 3.05) is 0 Å². The Labute approximate surface area is 92.3 Å². The molecule has 0 aromatic heterocycles. The summed E-state index contributed by atoms with van der Waals surface area (Å²) in [6.07, 6.45) is 6.08. The Morgan fingerprint density at radius 2 is 1.67 bits per heavy atom. The molecule has 0 bridgehead atoms. The first-order chi connectivity index (χ1) is 6.77. The van der Waals surface area contributed by atoms with E-state index in [9.17, 15) is 14.4 Å². The highest BCUT2D eigenvalue weighted by Gasteiger charge is 2.19. The minimum atomic E-state index is -4.85. The molecule has 0 aromatic carbocycles. The third-order valence-electron chi connectivity index (χ3n) is 2.24. The topological polar surface area (TPSA) is 72.4 Å². The Morgan fingerprint density at radius 1 is 1.13 bits per heavy atom. The molecule has 5 heteroatoms. The van der Waals surface area contributed by atoms with Crippen LogP contribution < -0.4 is 9.79 Å².